The van der Waals surface area contributed by atoms with E-state index in [1.165, 1.54) is 45.1 Å². The Morgan fingerprint density at radius 3 is 2.20 bits per heavy atom. The monoisotopic (exact) mass is 232 g/mol. The van der Waals surface area contributed by atoms with Crippen LogP contribution in [-0.2, 0) is 0 Å². The van der Waals surface area contributed by atoms with Crippen LogP contribution in [0.4, 0.5) is 0 Å². The molecule has 2 nitrogen and oxygen atoms in total. The highest BCUT2D eigenvalue weighted by molar-refractivity contribution is 5.85. The molecule has 0 heterocycles. The van der Waals surface area contributed by atoms with E-state index in [-0.39, 0.29) is 12.4 Å². The zero-order valence-corrected chi connectivity index (χ0v) is 10.9. The fourth-order valence-corrected chi connectivity index (χ4v) is 2.65. The summed E-state index contributed by atoms with van der Waals surface area (Å²) in [6.45, 7) is 3.71. The third-order valence-corrected chi connectivity index (χ3v) is 4.10. The third kappa shape index (κ3) is 3.61. The van der Waals surface area contributed by atoms with Crippen LogP contribution in [0.25, 0.3) is 0 Å². The average Bonchev–Trinajstić information content (AvgIpc) is 2.84. The predicted octanol–water partition coefficient (Wildman–Crippen LogP) is 2.41. The molecule has 2 fully saturated rings. The van der Waals surface area contributed by atoms with Gasteiger partial charge in [-0.15, -0.1) is 12.4 Å². The van der Waals surface area contributed by atoms with Gasteiger partial charge in [0.15, 0.2) is 0 Å². The fraction of sp³-hybridized carbons (Fsp3) is 1.00. The summed E-state index contributed by atoms with van der Waals surface area (Å²) in [4.78, 5) is 2.58. The van der Waals surface area contributed by atoms with Crippen LogP contribution >= 0.6 is 12.4 Å². The largest absolute Gasteiger partial charge is 0.328 e. The van der Waals surface area contributed by atoms with Gasteiger partial charge >= 0.3 is 0 Å². The molecule has 2 N–H and O–H groups in total. The van der Waals surface area contributed by atoms with Gasteiger partial charge in [0.1, 0.15) is 0 Å². The molecule has 0 aromatic heterocycles. The fourth-order valence-electron chi connectivity index (χ4n) is 2.65. The van der Waals surface area contributed by atoms with Crippen molar-refractivity contribution in [2.45, 2.75) is 57.5 Å². The van der Waals surface area contributed by atoms with Gasteiger partial charge in [-0.05, 0) is 51.0 Å². The van der Waals surface area contributed by atoms with E-state index in [9.17, 15) is 0 Å². The lowest BCUT2D eigenvalue weighted by atomic mass is 9.90. The van der Waals surface area contributed by atoms with Gasteiger partial charge in [0.2, 0.25) is 0 Å². The molecule has 0 atom stereocenters. The first kappa shape index (κ1) is 13.3. The number of hydrogen-bond donors (Lipinski definition) is 1. The van der Waals surface area contributed by atoms with Gasteiger partial charge in [0.05, 0.1) is 0 Å². The van der Waals surface area contributed by atoms with Crippen molar-refractivity contribution in [2.24, 2.45) is 11.1 Å². The Kier molecular flexibility index (Phi) is 4.45. The summed E-state index contributed by atoms with van der Waals surface area (Å²) in [7, 11) is 2.30. The van der Waals surface area contributed by atoms with Gasteiger partial charge in [0, 0.05) is 18.6 Å². The number of nitrogens with zero attached hydrogens (tertiary/aromatic N) is 1. The van der Waals surface area contributed by atoms with Gasteiger partial charge in [-0.3, -0.25) is 0 Å². The minimum atomic E-state index is 0. The van der Waals surface area contributed by atoms with Gasteiger partial charge < -0.3 is 10.6 Å². The summed E-state index contributed by atoms with van der Waals surface area (Å²) < 4.78 is 0. The molecule has 15 heavy (non-hydrogen) atoms. The van der Waals surface area contributed by atoms with Crippen LogP contribution in [0.2, 0.25) is 0 Å². The number of hydrogen-bond acceptors (Lipinski definition) is 2. The van der Waals surface area contributed by atoms with E-state index in [0.29, 0.717) is 11.5 Å². The van der Waals surface area contributed by atoms with Crippen molar-refractivity contribution >= 4 is 12.4 Å². The predicted molar refractivity (Wildman–Crippen MR) is 67.5 cm³/mol. The van der Waals surface area contributed by atoms with Crippen molar-refractivity contribution in [3.63, 3.8) is 0 Å². The summed E-state index contributed by atoms with van der Waals surface area (Å²) in [6, 6.07) is 1.29. The van der Waals surface area contributed by atoms with Crippen molar-refractivity contribution < 1.29 is 0 Å². The topological polar surface area (TPSA) is 29.3 Å². The highest BCUT2D eigenvalue weighted by Gasteiger charge is 2.39. The minimum Gasteiger partial charge on any atom is -0.328 e. The van der Waals surface area contributed by atoms with Crippen molar-refractivity contribution in [2.75, 3.05) is 13.6 Å². The van der Waals surface area contributed by atoms with Crippen molar-refractivity contribution in [3.8, 4) is 0 Å². The first-order valence-electron chi connectivity index (χ1n) is 6.05. The highest BCUT2D eigenvalue weighted by atomic mass is 35.5. The Balaban J connectivity index is 0.00000112. The van der Waals surface area contributed by atoms with E-state index >= 15 is 0 Å². The lowest BCUT2D eigenvalue weighted by Gasteiger charge is -2.35. The van der Waals surface area contributed by atoms with Crippen LogP contribution in [0.1, 0.15) is 45.4 Å². The van der Waals surface area contributed by atoms with E-state index in [1.807, 2.05) is 0 Å². The van der Waals surface area contributed by atoms with Crippen molar-refractivity contribution in [1.82, 2.24) is 4.90 Å². The molecule has 2 rings (SSSR count). The van der Waals surface area contributed by atoms with E-state index in [4.69, 9.17) is 5.73 Å². The zero-order chi connectivity index (χ0) is 10.2. The average molecular weight is 233 g/mol. The Morgan fingerprint density at radius 1 is 1.20 bits per heavy atom. The van der Waals surface area contributed by atoms with E-state index in [1.54, 1.807) is 0 Å². The molecule has 0 aromatic carbocycles. The smallest absolute Gasteiger partial charge is 0.00935 e. The Morgan fingerprint density at radius 2 is 1.73 bits per heavy atom. The standard InChI is InChI=1S/C12H24N2.ClH/c1-12(7-8-12)9-14(2)11-5-3-10(13)4-6-11;/h10-11H,3-9,13H2,1-2H3;1H. The summed E-state index contributed by atoms with van der Waals surface area (Å²) in [6.07, 6.45) is 7.95. The second-order valence-corrected chi connectivity index (χ2v) is 5.79. The summed E-state index contributed by atoms with van der Waals surface area (Å²) in [5.41, 5.74) is 6.58. The zero-order valence-electron chi connectivity index (χ0n) is 10.0. The molecular weight excluding hydrogens is 208 g/mol. The quantitative estimate of drug-likeness (QED) is 0.810. The molecule has 0 aromatic rings. The molecule has 0 spiro atoms. The van der Waals surface area contributed by atoms with Crippen LogP contribution in [0.5, 0.6) is 0 Å². The molecule has 0 unspecified atom stereocenters. The van der Waals surface area contributed by atoms with Crippen LogP contribution in [0, 0.1) is 5.41 Å². The van der Waals surface area contributed by atoms with Gasteiger partial charge in [-0.1, -0.05) is 6.92 Å². The van der Waals surface area contributed by atoms with Crippen LogP contribution in [-0.4, -0.2) is 30.6 Å². The molecule has 0 amide bonds. The van der Waals surface area contributed by atoms with Crippen LogP contribution in [0.15, 0.2) is 0 Å². The lowest BCUT2D eigenvalue weighted by Crippen LogP contribution is -2.40. The second-order valence-electron chi connectivity index (χ2n) is 5.79. The normalized spacial score (nSPS) is 33.6. The highest BCUT2D eigenvalue weighted by Crippen LogP contribution is 2.45. The van der Waals surface area contributed by atoms with Crippen LogP contribution in [0.3, 0.4) is 0 Å². The van der Waals surface area contributed by atoms with Crippen molar-refractivity contribution in [3.05, 3.63) is 0 Å². The maximum atomic E-state index is 5.92. The molecule has 2 saturated carbocycles. The summed E-state index contributed by atoms with van der Waals surface area (Å²) in [5.74, 6) is 0. The Labute approximate surface area is 100.0 Å². The van der Waals surface area contributed by atoms with E-state index in [0.717, 1.165) is 6.04 Å². The first-order chi connectivity index (χ1) is 6.59. The molecule has 0 radical (unpaired) electrons. The minimum absolute atomic E-state index is 0. The lowest BCUT2D eigenvalue weighted by molar-refractivity contribution is 0.157. The van der Waals surface area contributed by atoms with Gasteiger partial charge in [-0.2, -0.15) is 0 Å². The molecule has 0 bridgehead atoms. The Hall–Kier alpha value is 0.210. The summed E-state index contributed by atoms with van der Waals surface area (Å²) >= 11 is 0. The Bertz CT molecular complexity index is 196. The third-order valence-electron chi connectivity index (χ3n) is 4.10. The molecule has 0 aliphatic heterocycles. The molecular formula is C12H25ClN2. The maximum absolute atomic E-state index is 5.92. The number of halogens is 1. The van der Waals surface area contributed by atoms with Gasteiger partial charge in [-0.25, -0.2) is 0 Å². The van der Waals surface area contributed by atoms with E-state index < -0.39 is 0 Å². The molecule has 90 valence electrons. The SMILES string of the molecule is CN(CC1(C)CC1)C1CCC(N)CC1.Cl. The molecule has 2 aliphatic rings. The van der Waals surface area contributed by atoms with Crippen LogP contribution < -0.4 is 5.73 Å². The van der Waals surface area contributed by atoms with Gasteiger partial charge in [0.25, 0.3) is 0 Å². The second kappa shape index (κ2) is 5.03. The molecule has 0 saturated heterocycles. The van der Waals surface area contributed by atoms with Crippen molar-refractivity contribution in [1.29, 1.82) is 0 Å². The molecule has 2 aliphatic carbocycles. The summed E-state index contributed by atoms with van der Waals surface area (Å²) in [5, 5.41) is 0. The molecule has 3 heteroatoms. The number of rotatable bonds is 3. The first-order valence-corrected chi connectivity index (χ1v) is 6.05. The number of nitrogens with two attached hydrogens (primary N) is 1. The van der Waals surface area contributed by atoms with E-state index in [2.05, 4.69) is 18.9 Å². The maximum Gasteiger partial charge on any atom is 0.00935 e.